The third-order valence-corrected chi connectivity index (χ3v) is 5.45. The Kier molecular flexibility index (Phi) is 5.77. The third-order valence-electron chi connectivity index (χ3n) is 4.32. The van der Waals surface area contributed by atoms with Gasteiger partial charge in [0, 0.05) is 16.7 Å². The van der Waals surface area contributed by atoms with Gasteiger partial charge in [-0.25, -0.2) is 0 Å². The fraction of sp³-hybridized carbons (Fsp3) is 0.647. The van der Waals surface area contributed by atoms with E-state index >= 15 is 0 Å². The summed E-state index contributed by atoms with van der Waals surface area (Å²) in [6, 6.07) is 9.79. The maximum absolute atomic E-state index is 3.52. The van der Waals surface area contributed by atoms with Crippen LogP contribution >= 0.6 is 11.8 Å². The summed E-state index contributed by atoms with van der Waals surface area (Å²) in [5.74, 6) is 2.72. The second kappa shape index (κ2) is 7.35. The summed E-state index contributed by atoms with van der Waals surface area (Å²) in [5, 5.41) is 3.52. The summed E-state index contributed by atoms with van der Waals surface area (Å²) in [6.45, 7) is 4.50. The summed E-state index contributed by atoms with van der Waals surface area (Å²) in [6.07, 6.45) is 5.68. The maximum Gasteiger partial charge on any atom is 0.0186 e. The van der Waals surface area contributed by atoms with Crippen LogP contribution in [0.4, 0.5) is 0 Å². The molecule has 2 heteroatoms. The van der Waals surface area contributed by atoms with Gasteiger partial charge in [0.25, 0.3) is 0 Å². The van der Waals surface area contributed by atoms with Crippen LogP contribution in [0.25, 0.3) is 0 Å². The first kappa shape index (κ1) is 14.9. The fourth-order valence-electron chi connectivity index (χ4n) is 2.95. The average Bonchev–Trinajstić information content (AvgIpc) is 2.94. The van der Waals surface area contributed by atoms with Gasteiger partial charge in [-0.15, -0.1) is 11.8 Å². The van der Waals surface area contributed by atoms with Crippen LogP contribution < -0.4 is 5.32 Å². The number of nitrogens with one attached hydrogen (secondary N) is 1. The summed E-state index contributed by atoms with van der Waals surface area (Å²) in [4.78, 5) is 1.41. The average molecular weight is 277 g/mol. The normalized spacial score (nSPS) is 18.1. The van der Waals surface area contributed by atoms with E-state index in [0.29, 0.717) is 12.0 Å². The monoisotopic (exact) mass is 277 g/mol. The predicted molar refractivity (Wildman–Crippen MR) is 86.1 cm³/mol. The van der Waals surface area contributed by atoms with Crippen molar-refractivity contribution in [1.82, 2.24) is 5.32 Å². The van der Waals surface area contributed by atoms with Gasteiger partial charge in [0.05, 0.1) is 0 Å². The molecule has 1 aliphatic carbocycles. The Labute approximate surface area is 122 Å². The smallest absolute Gasteiger partial charge is 0.0186 e. The molecule has 0 aromatic heterocycles. The van der Waals surface area contributed by atoms with Gasteiger partial charge in [0.1, 0.15) is 0 Å². The van der Waals surface area contributed by atoms with Crippen molar-refractivity contribution >= 4 is 11.8 Å². The van der Waals surface area contributed by atoms with Gasteiger partial charge in [-0.3, -0.25) is 0 Å². The van der Waals surface area contributed by atoms with Gasteiger partial charge < -0.3 is 5.32 Å². The predicted octanol–water partition coefficient (Wildman–Crippen LogP) is 4.68. The highest BCUT2D eigenvalue weighted by atomic mass is 32.2. The molecule has 1 aliphatic rings. The lowest BCUT2D eigenvalue weighted by molar-refractivity contribution is 0.410. The molecular weight excluding hydrogens is 250 g/mol. The van der Waals surface area contributed by atoms with Crippen molar-refractivity contribution < 1.29 is 0 Å². The lowest BCUT2D eigenvalue weighted by Gasteiger charge is -2.22. The highest BCUT2D eigenvalue weighted by Crippen LogP contribution is 2.31. The van der Waals surface area contributed by atoms with E-state index in [9.17, 15) is 0 Å². The van der Waals surface area contributed by atoms with E-state index in [1.807, 2.05) is 11.8 Å². The van der Waals surface area contributed by atoms with Gasteiger partial charge in [-0.05, 0) is 49.4 Å². The fourth-order valence-corrected chi connectivity index (χ4v) is 4.09. The second-order valence-electron chi connectivity index (χ2n) is 5.97. The van der Waals surface area contributed by atoms with E-state index in [-0.39, 0.29) is 0 Å². The van der Waals surface area contributed by atoms with Gasteiger partial charge in [-0.1, -0.05) is 38.8 Å². The number of rotatable bonds is 6. The topological polar surface area (TPSA) is 12.0 Å². The van der Waals surface area contributed by atoms with Gasteiger partial charge in [-0.2, -0.15) is 0 Å². The highest BCUT2D eigenvalue weighted by Gasteiger charge is 2.23. The van der Waals surface area contributed by atoms with Crippen molar-refractivity contribution in [3.63, 3.8) is 0 Å². The van der Waals surface area contributed by atoms with Crippen LogP contribution in [-0.4, -0.2) is 18.8 Å². The van der Waals surface area contributed by atoms with Crippen LogP contribution in [0, 0.1) is 5.92 Å². The SMILES string of the molecule is CNC(CSc1ccc(C(C)C)cc1)C1CCCC1. The molecule has 0 amide bonds. The zero-order chi connectivity index (χ0) is 13.7. The zero-order valence-electron chi connectivity index (χ0n) is 12.5. The summed E-state index contributed by atoms with van der Waals surface area (Å²) in [7, 11) is 2.12. The summed E-state index contributed by atoms with van der Waals surface area (Å²) >= 11 is 2.00. The largest absolute Gasteiger partial charge is 0.316 e. The lowest BCUT2D eigenvalue weighted by atomic mass is 10.0. The Morgan fingerprint density at radius 3 is 2.32 bits per heavy atom. The van der Waals surface area contributed by atoms with Crippen LogP contribution in [0.15, 0.2) is 29.2 Å². The van der Waals surface area contributed by atoms with Crippen molar-refractivity contribution in [3.05, 3.63) is 29.8 Å². The molecule has 0 radical (unpaired) electrons. The van der Waals surface area contributed by atoms with E-state index in [1.165, 1.54) is 41.9 Å². The third kappa shape index (κ3) is 4.25. The molecule has 106 valence electrons. The zero-order valence-corrected chi connectivity index (χ0v) is 13.3. The summed E-state index contributed by atoms with van der Waals surface area (Å²) in [5.41, 5.74) is 1.44. The molecule has 0 spiro atoms. The van der Waals surface area contributed by atoms with Gasteiger partial charge >= 0.3 is 0 Å². The van der Waals surface area contributed by atoms with Crippen molar-refractivity contribution in [1.29, 1.82) is 0 Å². The molecule has 0 heterocycles. The Hall–Kier alpha value is -0.470. The molecule has 1 atom stereocenters. The first-order valence-corrected chi connectivity index (χ1v) is 8.59. The number of thioether (sulfide) groups is 1. The number of benzene rings is 1. The molecule has 19 heavy (non-hydrogen) atoms. The van der Waals surface area contributed by atoms with Gasteiger partial charge in [0.2, 0.25) is 0 Å². The minimum absolute atomic E-state index is 0.627. The molecule has 1 saturated carbocycles. The van der Waals surface area contributed by atoms with E-state index in [0.717, 1.165) is 5.92 Å². The molecule has 1 nitrogen and oxygen atoms in total. The Morgan fingerprint density at radius 1 is 1.16 bits per heavy atom. The van der Waals surface area contributed by atoms with Crippen molar-refractivity contribution in [2.75, 3.05) is 12.8 Å². The summed E-state index contributed by atoms with van der Waals surface area (Å²) < 4.78 is 0. The van der Waals surface area contributed by atoms with Crippen molar-refractivity contribution in [2.45, 2.75) is 56.4 Å². The molecule has 1 aromatic carbocycles. The maximum atomic E-state index is 3.52. The van der Waals surface area contributed by atoms with E-state index in [2.05, 4.69) is 50.5 Å². The Bertz CT molecular complexity index is 365. The molecule has 1 N–H and O–H groups in total. The molecule has 1 fully saturated rings. The van der Waals surface area contributed by atoms with Crippen molar-refractivity contribution in [3.8, 4) is 0 Å². The van der Waals surface area contributed by atoms with Crippen LogP contribution in [0.3, 0.4) is 0 Å². The van der Waals surface area contributed by atoms with E-state index in [4.69, 9.17) is 0 Å². The number of hydrogen-bond donors (Lipinski definition) is 1. The molecule has 0 saturated heterocycles. The Morgan fingerprint density at radius 2 is 1.79 bits per heavy atom. The first-order valence-electron chi connectivity index (χ1n) is 7.60. The lowest BCUT2D eigenvalue weighted by Crippen LogP contribution is -2.34. The second-order valence-corrected chi connectivity index (χ2v) is 7.07. The van der Waals surface area contributed by atoms with Crippen LogP contribution in [0.1, 0.15) is 51.0 Å². The van der Waals surface area contributed by atoms with Crippen molar-refractivity contribution in [2.24, 2.45) is 5.92 Å². The van der Waals surface area contributed by atoms with Crippen LogP contribution in [-0.2, 0) is 0 Å². The highest BCUT2D eigenvalue weighted by molar-refractivity contribution is 7.99. The first-order chi connectivity index (χ1) is 9.20. The number of hydrogen-bond acceptors (Lipinski definition) is 2. The quantitative estimate of drug-likeness (QED) is 0.758. The molecule has 1 unspecified atom stereocenters. The van der Waals surface area contributed by atoms with Gasteiger partial charge in [0.15, 0.2) is 0 Å². The van der Waals surface area contributed by atoms with Crippen LogP contribution in [0.5, 0.6) is 0 Å². The van der Waals surface area contributed by atoms with E-state index in [1.54, 1.807) is 0 Å². The molecule has 0 aliphatic heterocycles. The Balaban J connectivity index is 1.86. The minimum atomic E-state index is 0.627. The molecule has 2 rings (SSSR count). The standard InChI is InChI=1S/C17H27NS/c1-13(2)14-8-10-16(11-9-14)19-12-17(18-3)15-6-4-5-7-15/h8-11,13,15,17-18H,4-7,12H2,1-3H3. The molecule has 0 bridgehead atoms. The van der Waals surface area contributed by atoms with Crippen LogP contribution in [0.2, 0.25) is 0 Å². The molecular formula is C17H27NS. The molecule has 1 aromatic rings. The minimum Gasteiger partial charge on any atom is -0.316 e. The van der Waals surface area contributed by atoms with E-state index < -0.39 is 0 Å².